The summed E-state index contributed by atoms with van der Waals surface area (Å²) in [4.78, 5) is 26.4. The number of rotatable bonds is 5. The summed E-state index contributed by atoms with van der Waals surface area (Å²) in [5.41, 5.74) is 0.545. The molecule has 0 aliphatic carbocycles. The van der Waals surface area contributed by atoms with Crippen LogP contribution in [0.2, 0.25) is 0 Å². The van der Waals surface area contributed by atoms with Gasteiger partial charge in [-0.3, -0.25) is 4.79 Å². The molecule has 0 spiro atoms. The zero-order chi connectivity index (χ0) is 15.3. The van der Waals surface area contributed by atoms with Crippen LogP contribution < -0.4 is 5.32 Å². The van der Waals surface area contributed by atoms with Gasteiger partial charge >= 0.3 is 5.97 Å². The monoisotopic (exact) mass is 278 g/mol. The Kier molecular flexibility index (Phi) is 5.25. The Morgan fingerprint density at radius 1 is 1.35 bits per heavy atom. The number of aromatic nitrogens is 1. The third kappa shape index (κ3) is 5.38. The molecule has 0 aromatic carbocycles. The summed E-state index contributed by atoms with van der Waals surface area (Å²) in [5.74, 6) is -1.33. The number of hydrogen-bond acceptors (Lipinski definition) is 3. The molecule has 1 aromatic rings. The maximum atomic E-state index is 12.0. The van der Waals surface area contributed by atoms with Crippen molar-refractivity contribution in [2.45, 2.75) is 46.6 Å². The Hall–Kier alpha value is -1.91. The normalized spacial score (nSPS) is 12.8. The van der Waals surface area contributed by atoms with Gasteiger partial charge in [-0.15, -0.1) is 0 Å². The fraction of sp³-hybridized carbons (Fsp3) is 0.533. The first-order chi connectivity index (χ1) is 9.19. The number of carbonyl (C=O) groups is 2. The zero-order valence-corrected chi connectivity index (χ0v) is 12.4. The minimum Gasteiger partial charge on any atom is -0.477 e. The standard InChI is InChI=1S/C15H22N2O3/c1-10(7-8-15(2,3)4)17-13(18)11-5-6-12(14(19)20)16-9-11/h5-6,9-10H,7-8H2,1-4H3,(H,17,18)(H,19,20). The number of aromatic carboxylic acids is 1. The van der Waals surface area contributed by atoms with Crippen molar-refractivity contribution in [2.24, 2.45) is 5.41 Å². The Morgan fingerprint density at radius 2 is 2.00 bits per heavy atom. The predicted molar refractivity (Wildman–Crippen MR) is 76.8 cm³/mol. The van der Waals surface area contributed by atoms with Crippen LogP contribution >= 0.6 is 0 Å². The van der Waals surface area contributed by atoms with E-state index < -0.39 is 5.97 Å². The lowest BCUT2D eigenvalue weighted by molar-refractivity contribution is 0.0689. The maximum Gasteiger partial charge on any atom is 0.354 e. The molecule has 1 aromatic heterocycles. The molecule has 1 atom stereocenters. The van der Waals surface area contributed by atoms with Crippen LogP contribution in [-0.2, 0) is 0 Å². The molecule has 0 aliphatic heterocycles. The molecule has 1 rings (SSSR count). The van der Waals surface area contributed by atoms with Crippen LogP contribution in [0.1, 0.15) is 61.4 Å². The summed E-state index contributed by atoms with van der Waals surface area (Å²) >= 11 is 0. The van der Waals surface area contributed by atoms with Crippen LogP contribution in [0.15, 0.2) is 18.3 Å². The number of carboxylic acids is 1. The van der Waals surface area contributed by atoms with Gasteiger partial charge in [-0.2, -0.15) is 0 Å². The predicted octanol–water partition coefficient (Wildman–Crippen LogP) is 2.72. The summed E-state index contributed by atoms with van der Waals surface area (Å²) < 4.78 is 0. The second-order valence-electron chi connectivity index (χ2n) is 6.21. The maximum absolute atomic E-state index is 12.0. The van der Waals surface area contributed by atoms with E-state index in [0.717, 1.165) is 12.8 Å². The minimum atomic E-state index is -1.10. The lowest BCUT2D eigenvalue weighted by atomic mass is 9.89. The van der Waals surface area contributed by atoms with E-state index in [1.54, 1.807) is 0 Å². The summed E-state index contributed by atoms with van der Waals surface area (Å²) in [6.45, 7) is 8.45. The van der Waals surface area contributed by atoms with E-state index in [2.05, 4.69) is 31.1 Å². The van der Waals surface area contributed by atoms with Gasteiger partial charge in [0.1, 0.15) is 5.69 Å². The molecule has 20 heavy (non-hydrogen) atoms. The van der Waals surface area contributed by atoms with E-state index in [1.165, 1.54) is 18.3 Å². The fourth-order valence-electron chi connectivity index (χ4n) is 1.68. The van der Waals surface area contributed by atoms with Crippen LogP contribution in [0.4, 0.5) is 0 Å². The van der Waals surface area contributed by atoms with Crippen LogP contribution in [0.25, 0.3) is 0 Å². The largest absolute Gasteiger partial charge is 0.477 e. The van der Waals surface area contributed by atoms with Gasteiger partial charge in [-0.25, -0.2) is 9.78 Å². The van der Waals surface area contributed by atoms with Gasteiger partial charge in [0.05, 0.1) is 5.56 Å². The fourth-order valence-corrected chi connectivity index (χ4v) is 1.68. The first-order valence-electron chi connectivity index (χ1n) is 6.69. The van der Waals surface area contributed by atoms with Crippen molar-refractivity contribution >= 4 is 11.9 Å². The molecule has 2 N–H and O–H groups in total. The van der Waals surface area contributed by atoms with E-state index in [0.29, 0.717) is 5.56 Å². The highest BCUT2D eigenvalue weighted by Gasteiger charge is 2.15. The van der Waals surface area contributed by atoms with Crippen molar-refractivity contribution in [2.75, 3.05) is 0 Å². The number of carboxylic acid groups (broad SMARTS) is 1. The molecule has 5 nitrogen and oxygen atoms in total. The van der Waals surface area contributed by atoms with Crippen molar-refractivity contribution in [3.05, 3.63) is 29.6 Å². The summed E-state index contributed by atoms with van der Waals surface area (Å²) in [6.07, 6.45) is 3.20. The molecular formula is C15H22N2O3. The Labute approximate surface area is 119 Å². The average molecular weight is 278 g/mol. The Bertz CT molecular complexity index is 475. The molecule has 0 radical (unpaired) electrons. The van der Waals surface area contributed by atoms with Crippen molar-refractivity contribution in [3.63, 3.8) is 0 Å². The van der Waals surface area contributed by atoms with Crippen LogP contribution in [0.5, 0.6) is 0 Å². The van der Waals surface area contributed by atoms with Crippen molar-refractivity contribution < 1.29 is 14.7 Å². The van der Waals surface area contributed by atoms with Crippen molar-refractivity contribution in [3.8, 4) is 0 Å². The number of nitrogens with one attached hydrogen (secondary N) is 1. The van der Waals surface area contributed by atoms with E-state index in [4.69, 9.17) is 5.11 Å². The smallest absolute Gasteiger partial charge is 0.354 e. The molecule has 1 heterocycles. The molecular weight excluding hydrogens is 256 g/mol. The molecule has 0 bridgehead atoms. The quantitative estimate of drug-likeness (QED) is 0.868. The van der Waals surface area contributed by atoms with Crippen LogP contribution in [0, 0.1) is 5.41 Å². The molecule has 0 saturated heterocycles. The first kappa shape index (κ1) is 16.1. The summed E-state index contributed by atoms with van der Waals surface area (Å²) in [5, 5.41) is 11.6. The number of hydrogen-bond donors (Lipinski definition) is 2. The van der Waals surface area contributed by atoms with Crippen molar-refractivity contribution in [1.82, 2.24) is 10.3 Å². The van der Waals surface area contributed by atoms with Crippen molar-refractivity contribution in [1.29, 1.82) is 0 Å². The number of pyridine rings is 1. The van der Waals surface area contributed by atoms with Gasteiger partial charge in [-0.05, 0) is 37.3 Å². The molecule has 5 heteroatoms. The van der Waals surface area contributed by atoms with Crippen LogP contribution in [-0.4, -0.2) is 28.0 Å². The lowest BCUT2D eigenvalue weighted by Crippen LogP contribution is -2.33. The van der Waals surface area contributed by atoms with E-state index in [-0.39, 0.29) is 23.1 Å². The summed E-state index contributed by atoms with van der Waals surface area (Å²) in [6, 6.07) is 2.88. The number of amides is 1. The highest BCUT2D eigenvalue weighted by Crippen LogP contribution is 2.21. The van der Waals surface area contributed by atoms with Gasteiger partial charge in [0.2, 0.25) is 0 Å². The lowest BCUT2D eigenvalue weighted by Gasteiger charge is -2.21. The van der Waals surface area contributed by atoms with Gasteiger partial charge < -0.3 is 10.4 Å². The molecule has 110 valence electrons. The molecule has 0 aliphatic rings. The number of nitrogens with zero attached hydrogens (tertiary/aromatic N) is 1. The van der Waals surface area contributed by atoms with E-state index >= 15 is 0 Å². The van der Waals surface area contributed by atoms with Gasteiger partial charge in [-0.1, -0.05) is 20.8 Å². The third-order valence-corrected chi connectivity index (χ3v) is 2.95. The number of carbonyl (C=O) groups excluding carboxylic acids is 1. The summed E-state index contributed by atoms with van der Waals surface area (Å²) in [7, 11) is 0. The molecule has 0 fully saturated rings. The first-order valence-corrected chi connectivity index (χ1v) is 6.69. The Morgan fingerprint density at radius 3 is 2.45 bits per heavy atom. The highest BCUT2D eigenvalue weighted by atomic mass is 16.4. The topological polar surface area (TPSA) is 79.3 Å². The highest BCUT2D eigenvalue weighted by molar-refractivity contribution is 5.95. The molecule has 1 unspecified atom stereocenters. The van der Waals surface area contributed by atoms with Gasteiger partial charge in [0.15, 0.2) is 0 Å². The molecule has 1 amide bonds. The van der Waals surface area contributed by atoms with Crippen LogP contribution in [0.3, 0.4) is 0 Å². The average Bonchev–Trinajstić information content (AvgIpc) is 2.35. The minimum absolute atomic E-state index is 0.0673. The van der Waals surface area contributed by atoms with E-state index in [9.17, 15) is 9.59 Å². The van der Waals surface area contributed by atoms with Gasteiger partial charge in [0, 0.05) is 12.2 Å². The Balaban J connectivity index is 2.56. The molecule has 0 saturated carbocycles. The zero-order valence-electron chi connectivity index (χ0n) is 12.4. The van der Waals surface area contributed by atoms with Gasteiger partial charge in [0.25, 0.3) is 5.91 Å². The second kappa shape index (κ2) is 6.50. The van der Waals surface area contributed by atoms with E-state index in [1.807, 2.05) is 6.92 Å². The third-order valence-electron chi connectivity index (χ3n) is 2.95. The SMILES string of the molecule is CC(CCC(C)(C)C)NC(=O)c1ccc(C(=O)O)nc1. The second-order valence-corrected chi connectivity index (χ2v) is 6.21.